The molecular weight excluding hydrogens is 358 g/mol. The van der Waals surface area contributed by atoms with E-state index in [4.69, 9.17) is 16.3 Å². The van der Waals surface area contributed by atoms with E-state index in [1.165, 1.54) is 25.5 Å². The summed E-state index contributed by atoms with van der Waals surface area (Å²) >= 11 is 5.83. The Hall–Kier alpha value is -3.19. The van der Waals surface area contributed by atoms with E-state index < -0.39 is 23.8 Å². The smallest absolute Gasteiger partial charge is 0.335 e. The van der Waals surface area contributed by atoms with Crippen molar-refractivity contribution < 1.29 is 19.1 Å². The van der Waals surface area contributed by atoms with Gasteiger partial charge in [-0.05, 0) is 36.4 Å². The van der Waals surface area contributed by atoms with E-state index in [9.17, 15) is 14.4 Å². The van der Waals surface area contributed by atoms with Crippen LogP contribution in [0, 0.1) is 5.92 Å². The molecule has 0 aromatic heterocycles. The Morgan fingerprint density at radius 2 is 1.81 bits per heavy atom. The molecule has 0 spiro atoms. The fourth-order valence-corrected chi connectivity index (χ4v) is 2.57. The van der Waals surface area contributed by atoms with Gasteiger partial charge in [-0.3, -0.25) is 19.9 Å². The number of nitrogens with one attached hydrogen (secondary N) is 1. The van der Waals surface area contributed by atoms with Gasteiger partial charge in [0.2, 0.25) is 5.91 Å². The van der Waals surface area contributed by atoms with Gasteiger partial charge in [-0.25, -0.2) is 9.69 Å². The van der Waals surface area contributed by atoms with Crippen molar-refractivity contribution in [2.75, 3.05) is 12.0 Å². The van der Waals surface area contributed by atoms with Crippen molar-refractivity contribution in [1.29, 1.82) is 0 Å². The number of imide groups is 2. The molecule has 1 N–H and O–H groups in total. The maximum absolute atomic E-state index is 12.7. The Bertz CT molecular complexity index is 896. The molecule has 0 saturated carbocycles. The summed E-state index contributed by atoms with van der Waals surface area (Å²) in [6.45, 7) is 0. The first-order valence-electron chi connectivity index (χ1n) is 7.63. The fraction of sp³-hybridized carbons (Fsp3) is 0.111. The highest BCUT2D eigenvalue weighted by molar-refractivity contribution is 6.33. The zero-order valence-corrected chi connectivity index (χ0v) is 14.4. The van der Waals surface area contributed by atoms with Gasteiger partial charge in [0, 0.05) is 11.2 Å². The van der Waals surface area contributed by atoms with Crippen LogP contribution in [0.3, 0.4) is 0 Å². The van der Waals surface area contributed by atoms with Crippen molar-refractivity contribution in [3.8, 4) is 5.75 Å². The summed E-state index contributed by atoms with van der Waals surface area (Å²) in [5.41, 5.74) is 0.769. The van der Waals surface area contributed by atoms with Gasteiger partial charge in [0.25, 0.3) is 5.91 Å². The average Bonchev–Trinajstić information content (AvgIpc) is 2.63. The Kier molecular flexibility index (Phi) is 4.99. The largest absolute Gasteiger partial charge is 0.494 e. The second-order valence-corrected chi connectivity index (χ2v) is 5.81. The Morgan fingerprint density at radius 1 is 1.12 bits per heavy atom. The molecule has 1 aliphatic heterocycles. The number of carbonyl (C=O) groups excluding carboxylic acids is 3. The summed E-state index contributed by atoms with van der Waals surface area (Å²) < 4.78 is 5.18. The first-order valence-corrected chi connectivity index (χ1v) is 8.00. The highest BCUT2D eigenvalue weighted by Crippen LogP contribution is 2.27. The van der Waals surface area contributed by atoms with E-state index in [1.54, 1.807) is 36.4 Å². The molecule has 26 heavy (non-hydrogen) atoms. The number of carbonyl (C=O) groups is 3. The quantitative estimate of drug-likeness (QED) is 0.661. The molecule has 0 bridgehead atoms. The minimum absolute atomic E-state index is 0.306. The predicted octanol–water partition coefficient (Wildman–Crippen LogP) is 2.95. The van der Waals surface area contributed by atoms with Crippen LogP contribution in [0.4, 0.5) is 16.2 Å². The van der Waals surface area contributed by atoms with Crippen molar-refractivity contribution in [1.82, 2.24) is 5.32 Å². The maximum Gasteiger partial charge on any atom is 0.335 e. The number of urea groups is 1. The molecule has 2 aromatic carbocycles. The number of hydrogen-bond acceptors (Lipinski definition) is 5. The summed E-state index contributed by atoms with van der Waals surface area (Å²) in [5, 5.41) is 2.62. The Labute approximate surface area is 154 Å². The minimum atomic E-state index is -1.24. The number of anilines is 1. The van der Waals surface area contributed by atoms with E-state index in [0.717, 1.165) is 4.90 Å². The Balaban J connectivity index is 1.90. The number of barbiturate groups is 1. The van der Waals surface area contributed by atoms with Crippen molar-refractivity contribution in [2.45, 2.75) is 0 Å². The number of ether oxygens (including phenoxy) is 1. The van der Waals surface area contributed by atoms with Crippen molar-refractivity contribution in [3.63, 3.8) is 0 Å². The number of rotatable bonds is 4. The number of para-hydroxylation sites is 2. The molecule has 3 rings (SSSR count). The molecule has 7 nitrogen and oxygen atoms in total. The molecule has 1 heterocycles. The van der Waals surface area contributed by atoms with Gasteiger partial charge < -0.3 is 4.74 Å². The van der Waals surface area contributed by atoms with Gasteiger partial charge in [-0.15, -0.1) is 0 Å². The lowest BCUT2D eigenvalue weighted by Crippen LogP contribution is -2.58. The van der Waals surface area contributed by atoms with Crippen LogP contribution in [0.2, 0.25) is 5.02 Å². The van der Waals surface area contributed by atoms with Crippen molar-refractivity contribution >= 4 is 47.0 Å². The van der Waals surface area contributed by atoms with Crippen molar-refractivity contribution in [2.24, 2.45) is 10.9 Å². The maximum atomic E-state index is 12.7. The third kappa shape index (κ3) is 3.43. The van der Waals surface area contributed by atoms with Gasteiger partial charge in [0.05, 0.1) is 12.8 Å². The zero-order valence-electron chi connectivity index (χ0n) is 13.7. The molecular formula is C18H14ClN3O4. The second kappa shape index (κ2) is 7.37. The predicted molar refractivity (Wildman–Crippen MR) is 97.1 cm³/mol. The molecule has 1 fully saturated rings. The molecule has 132 valence electrons. The number of benzene rings is 2. The van der Waals surface area contributed by atoms with Crippen molar-refractivity contribution in [3.05, 3.63) is 53.6 Å². The first-order chi connectivity index (χ1) is 12.5. The molecule has 2 aromatic rings. The lowest BCUT2D eigenvalue weighted by atomic mass is 10.1. The molecule has 0 unspecified atom stereocenters. The van der Waals surface area contributed by atoms with Crippen LogP contribution in [0.25, 0.3) is 0 Å². The van der Waals surface area contributed by atoms with Gasteiger partial charge in [-0.1, -0.05) is 23.7 Å². The summed E-state index contributed by atoms with van der Waals surface area (Å²) in [4.78, 5) is 42.0. The highest BCUT2D eigenvalue weighted by Gasteiger charge is 2.40. The van der Waals surface area contributed by atoms with Crippen LogP contribution >= 0.6 is 11.6 Å². The van der Waals surface area contributed by atoms with Crippen LogP contribution < -0.4 is 15.0 Å². The van der Waals surface area contributed by atoms with E-state index >= 15 is 0 Å². The van der Waals surface area contributed by atoms with Gasteiger partial charge in [0.15, 0.2) is 5.92 Å². The molecule has 1 aliphatic rings. The minimum Gasteiger partial charge on any atom is -0.494 e. The van der Waals surface area contributed by atoms with Crippen LogP contribution in [0.5, 0.6) is 5.75 Å². The molecule has 1 saturated heterocycles. The topological polar surface area (TPSA) is 88.1 Å². The van der Waals surface area contributed by atoms with E-state index in [0.29, 0.717) is 22.1 Å². The fourth-order valence-electron chi connectivity index (χ4n) is 2.45. The third-order valence-corrected chi connectivity index (χ3v) is 3.99. The number of halogens is 1. The summed E-state index contributed by atoms with van der Waals surface area (Å²) in [6.07, 6.45) is 1.20. The lowest BCUT2D eigenvalue weighted by molar-refractivity contribution is -0.131. The molecule has 1 atom stereocenters. The van der Waals surface area contributed by atoms with Crippen LogP contribution in [0.15, 0.2) is 53.5 Å². The van der Waals surface area contributed by atoms with Gasteiger partial charge >= 0.3 is 6.03 Å². The monoisotopic (exact) mass is 371 g/mol. The number of hydrogen-bond donors (Lipinski definition) is 1. The molecule has 0 radical (unpaired) electrons. The van der Waals surface area contributed by atoms with E-state index in [-0.39, 0.29) is 0 Å². The molecule has 4 amide bonds. The number of methoxy groups -OCH3 is 1. The van der Waals surface area contributed by atoms with Gasteiger partial charge in [-0.2, -0.15) is 0 Å². The highest BCUT2D eigenvalue weighted by atomic mass is 35.5. The number of amides is 4. The summed E-state index contributed by atoms with van der Waals surface area (Å²) in [5.74, 6) is -2.17. The van der Waals surface area contributed by atoms with Crippen LogP contribution in [0.1, 0.15) is 0 Å². The zero-order chi connectivity index (χ0) is 18.7. The summed E-state index contributed by atoms with van der Waals surface area (Å²) in [7, 11) is 1.49. The molecule has 8 heteroatoms. The average molecular weight is 372 g/mol. The lowest BCUT2D eigenvalue weighted by Gasteiger charge is -2.28. The Morgan fingerprint density at radius 3 is 2.50 bits per heavy atom. The normalized spacial score (nSPS) is 17.5. The van der Waals surface area contributed by atoms with Crippen LogP contribution in [-0.4, -0.2) is 31.2 Å². The van der Waals surface area contributed by atoms with Crippen LogP contribution in [-0.2, 0) is 9.59 Å². The third-order valence-electron chi connectivity index (χ3n) is 3.73. The standard InChI is InChI=1S/C18H14ClN3O4/c1-26-15-5-3-2-4-14(15)20-10-13-16(23)21-18(25)22(17(13)24)12-8-6-11(19)7-9-12/h2-10,13H,1H3,(H,21,23,25)/t13-/m1/s1. The van der Waals surface area contributed by atoms with Gasteiger partial charge in [0.1, 0.15) is 11.4 Å². The SMILES string of the molecule is COc1ccccc1N=C[C@@H]1C(=O)NC(=O)N(c2ccc(Cl)cc2)C1=O. The first kappa shape index (κ1) is 17.6. The second-order valence-electron chi connectivity index (χ2n) is 5.37. The summed E-state index contributed by atoms with van der Waals surface area (Å²) in [6, 6.07) is 12.2. The van der Waals surface area contributed by atoms with E-state index in [1.807, 2.05) is 0 Å². The number of nitrogens with zero attached hydrogens (tertiary/aromatic N) is 2. The number of aliphatic imine (C=N–C) groups is 1. The van der Waals surface area contributed by atoms with E-state index in [2.05, 4.69) is 10.3 Å². The molecule has 0 aliphatic carbocycles.